The summed E-state index contributed by atoms with van der Waals surface area (Å²) in [5.41, 5.74) is 1.91. The highest BCUT2D eigenvalue weighted by Crippen LogP contribution is 2.29. The lowest BCUT2D eigenvalue weighted by Crippen LogP contribution is -2.38. The average Bonchev–Trinajstić information content (AvgIpc) is 3.17. The fourth-order valence-corrected chi connectivity index (χ4v) is 5.45. The lowest BCUT2D eigenvalue weighted by atomic mass is 10.0. The van der Waals surface area contributed by atoms with Crippen molar-refractivity contribution in [3.63, 3.8) is 0 Å². The van der Waals surface area contributed by atoms with E-state index in [1.807, 2.05) is 5.32 Å². The number of nitrogens with zero attached hydrogens (tertiary/aromatic N) is 1. The second-order valence-electron chi connectivity index (χ2n) is 8.01. The highest BCUT2D eigenvalue weighted by molar-refractivity contribution is 7.90. The molecule has 0 radical (unpaired) electrons. The van der Waals surface area contributed by atoms with E-state index < -0.39 is 38.9 Å². The summed E-state index contributed by atoms with van der Waals surface area (Å²) in [6, 6.07) is 19.2. The van der Waals surface area contributed by atoms with Crippen LogP contribution in [0.1, 0.15) is 29.8 Å². The summed E-state index contributed by atoms with van der Waals surface area (Å²) in [6.45, 7) is 1.43. The molecule has 1 heterocycles. The molecule has 10 heteroatoms. The summed E-state index contributed by atoms with van der Waals surface area (Å²) >= 11 is 0. The Balaban J connectivity index is 1.68. The molecule has 0 unspecified atom stereocenters. The molecule has 182 valence electrons. The molecule has 0 aliphatic carbocycles. The number of alkyl halides is 3. The fourth-order valence-electron chi connectivity index (χ4n) is 3.84. The maximum Gasteiger partial charge on any atom is 0.471 e. The normalized spacial score (nSPS) is 13.1. The first kappa shape index (κ1) is 24.5. The van der Waals surface area contributed by atoms with E-state index in [-0.39, 0.29) is 6.42 Å². The summed E-state index contributed by atoms with van der Waals surface area (Å²) in [5.74, 6) is -2.90. The van der Waals surface area contributed by atoms with E-state index in [2.05, 4.69) is 0 Å². The average molecular weight is 505 g/mol. The van der Waals surface area contributed by atoms with Crippen molar-refractivity contribution in [2.75, 3.05) is 0 Å². The zero-order valence-corrected chi connectivity index (χ0v) is 19.2. The van der Waals surface area contributed by atoms with E-state index in [9.17, 15) is 30.8 Å². The molecule has 1 aromatic heterocycles. The van der Waals surface area contributed by atoms with Gasteiger partial charge in [-0.3, -0.25) is 4.79 Å². The van der Waals surface area contributed by atoms with Gasteiger partial charge in [0.2, 0.25) is 0 Å². The van der Waals surface area contributed by atoms with E-state index >= 15 is 0 Å². The van der Waals surface area contributed by atoms with E-state index in [0.29, 0.717) is 27.7 Å². The maximum absolute atomic E-state index is 14.4. The Labute approximate surface area is 199 Å². The zero-order chi connectivity index (χ0) is 25.4. The zero-order valence-electron chi connectivity index (χ0n) is 18.4. The molecule has 1 atom stereocenters. The van der Waals surface area contributed by atoms with Crippen LogP contribution in [0.15, 0.2) is 83.8 Å². The second-order valence-corrected chi connectivity index (χ2v) is 9.76. The number of rotatable bonds is 6. The molecule has 3 aromatic carbocycles. The van der Waals surface area contributed by atoms with Gasteiger partial charge in [0.15, 0.2) is 0 Å². The smallest absolute Gasteiger partial charge is 0.342 e. The Kier molecular flexibility index (Phi) is 6.42. The molecule has 5 nitrogen and oxygen atoms in total. The molecule has 4 aromatic rings. The molecule has 0 aliphatic heterocycles. The van der Waals surface area contributed by atoms with Gasteiger partial charge < -0.3 is 5.32 Å². The SMILES string of the molecule is C[C@H](NC(=O)C(F)(F)F)c1ccc(Cc2cc3ccccc3n2S(=O)(=O)c2ccccc2F)cc1. The van der Waals surface area contributed by atoms with E-state index in [1.54, 1.807) is 54.6 Å². The van der Waals surface area contributed by atoms with Crippen molar-refractivity contribution in [1.82, 2.24) is 9.29 Å². The van der Waals surface area contributed by atoms with Crippen LogP contribution in [0.5, 0.6) is 0 Å². The largest absolute Gasteiger partial charge is 0.471 e. The van der Waals surface area contributed by atoms with Gasteiger partial charge in [0.1, 0.15) is 10.7 Å². The maximum atomic E-state index is 14.4. The minimum absolute atomic E-state index is 0.159. The Bertz CT molecular complexity index is 1490. The predicted molar refractivity (Wildman–Crippen MR) is 123 cm³/mol. The summed E-state index contributed by atoms with van der Waals surface area (Å²) in [6.07, 6.45) is -4.82. The molecule has 0 bridgehead atoms. The molecule has 1 amide bonds. The quantitative estimate of drug-likeness (QED) is 0.360. The van der Waals surface area contributed by atoms with Crippen LogP contribution in [-0.2, 0) is 21.2 Å². The highest BCUT2D eigenvalue weighted by atomic mass is 32.2. The van der Waals surface area contributed by atoms with Crippen LogP contribution in [0.3, 0.4) is 0 Å². The first-order chi connectivity index (χ1) is 16.5. The number of carbonyl (C=O) groups is 1. The van der Waals surface area contributed by atoms with Gasteiger partial charge in [-0.15, -0.1) is 0 Å². The van der Waals surface area contributed by atoms with Gasteiger partial charge in [-0.1, -0.05) is 54.6 Å². The third-order valence-electron chi connectivity index (χ3n) is 5.56. The van der Waals surface area contributed by atoms with Gasteiger partial charge in [0.25, 0.3) is 10.0 Å². The summed E-state index contributed by atoms with van der Waals surface area (Å²) in [5, 5.41) is 2.55. The van der Waals surface area contributed by atoms with Gasteiger partial charge in [-0.2, -0.15) is 13.2 Å². The lowest BCUT2D eigenvalue weighted by Gasteiger charge is -2.16. The molecule has 0 saturated carbocycles. The van der Waals surface area contributed by atoms with E-state index in [0.717, 1.165) is 10.0 Å². The van der Waals surface area contributed by atoms with Crippen LogP contribution < -0.4 is 5.32 Å². The molecule has 0 fully saturated rings. The molecular formula is C25H20F4N2O3S. The molecule has 0 spiro atoms. The lowest BCUT2D eigenvalue weighted by molar-refractivity contribution is -0.174. The molecule has 0 saturated heterocycles. The molecule has 35 heavy (non-hydrogen) atoms. The Hall–Kier alpha value is -3.66. The Morgan fingerprint density at radius 2 is 1.60 bits per heavy atom. The Morgan fingerprint density at radius 3 is 2.26 bits per heavy atom. The third-order valence-corrected chi connectivity index (χ3v) is 7.36. The number of halogens is 4. The monoisotopic (exact) mass is 504 g/mol. The number of aromatic nitrogens is 1. The number of hydrogen-bond donors (Lipinski definition) is 1. The summed E-state index contributed by atoms with van der Waals surface area (Å²) in [4.78, 5) is 10.7. The van der Waals surface area contributed by atoms with E-state index in [1.165, 1.54) is 25.1 Å². The van der Waals surface area contributed by atoms with Crippen molar-refractivity contribution in [2.45, 2.75) is 30.5 Å². The van der Waals surface area contributed by atoms with Crippen molar-refractivity contribution in [2.24, 2.45) is 0 Å². The van der Waals surface area contributed by atoms with Crippen molar-refractivity contribution < 1.29 is 30.8 Å². The van der Waals surface area contributed by atoms with Crippen molar-refractivity contribution in [3.05, 3.63) is 102 Å². The van der Waals surface area contributed by atoms with Gasteiger partial charge in [0.05, 0.1) is 11.6 Å². The predicted octanol–water partition coefficient (Wildman–Crippen LogP) is 5.35. The number of nitrogens with one attached hydrogen (secondary N) is 1. The minimum Gasteiger partial charge on any atom is -0.342 e. The fraction of sp³-hybridized carbons (Fsp3) is 0.160. The van der Waals surface area contributed by atoms with E-state index in [4.69, 9.17) is 0 Å². The first-order valence-electron chi connectivity index (χ1n) is 10.5. The number of amides is 1. The van der Waals surface area contributed by atoms with Crippen LogP contribution >= 0.6 is 0 Å². The molecule has 1 N–H and O–H groups in total. The third kappa shape index (κ3) is 4.93. The number of fused-ring (bicyclic) bond motifs is 1. The topological polar surface area (TPSA) is 68.2 Å². The summed E-state index contributed by atoms with van der Waals surface area (Å²) in [7, 11) is -4.27. The number of benzene rings is 3. The van der Waals surface area contributed by atoms with Crippen LogP contribution in [-0.4, -0.2) is 24.5 Å². The van der Waals surface area contributed by atoms with Crippen LogP contribution in [0.25, 0.3) is 10.9 Å². The molecular weight excluding hydrogens is 484 g/mol. The van der Waals surface area contributed by atoms with Gasteiger partial charge >= 0.3 is 12.1 Å². The van der Waals surface area contributed by atoms with Crippen molar-refractivity contribution in [3.8, 4) is 0 Å². The Morgan fingerprint density at radius 1 is 0.971 bits per heavy atom. The van der Waals surface area contributed by atoms with Gasteiger partial charge in [0, 0.05) is 17.5 Å². The summed E-state index contributed by atoms with van der Waals surface area (Å²) < 4.78 is 80.0. The van der Waals surface area contributed by atoms with Crippen LogP contribution in [0.2, 0.25) is 0 Å². The number of carbonyl (C=O) groups excluding carboxylic acids is 1. The number of hydrogen-bond acceptors (Lipinski definition) is 3. The first-order valence-corrected chi connectivity index (χ1v) is 12.0. The molecule has 4 rings (SSSR count). The van der Waals surface area contributed by atoms with Gasteiger partial charge in [-0.05, 0) is 42.3 Å². The standard InChI is InChI=1S/C25H20F4N2O3S/c1-16(30-24(32)25(27,28)29)18-12-10-17(11-13-18)14-20-15-19-6-2-4-8-22(19)31(20)35(33,34)23-9-5-3-7-21(23)26/h2-13,15-16H,14H2,1H3,(H,30,32)/t16-/m0/s1. The second kappa shape index (κ2) is 9.18. The minimum atomic E-state index is -4.98. The number of para-hydroxylation sites is 1. The van der Waals surface area contributed by atoms with Crippen LogP contribution in [0, 0.1) is 5.82 Å². The molecule has 0 aliphatic rings. The van der Waals surface area contributed by atoms with Gasteiger partial charge in [-0.25, -0.2) is 16.8 Å². The van der Waals surface area contributed by atoms with Crippen LogP contribution in [0.4, 0.5) is 17.6 Å². The van der Waals surface area contributed by atoms with Crippen molar-refractivity contribution in [1.29, 1.82) is 0 Å². The highest BCUT2D eigenvalue weighted by Gasteiger charge is 2.39. The van der Waals surface area contributed by atoms with Crippen molar-refractivity contribution >= 4 is 26.8 Å².